The van der Waals surface area contributed by atoms with E-state index >= 15 is 0 Å². The van der Waals surface area contributed by atoms with Gasteiger partial charge in [0.05, 0.1) is 6.10 Å². The summed E-state index contributed by atoms with van der Waals surface area (Å²) in [6, 6.07) is 6.00. The topological polar surface area (TPSA) is 60.5 Å². The molecule has 1 aromatic carbocycles. The number of amides is 1. The molecule has 128 valence electrons. The first-order chi connectivity index (χ1) is 11.6. The van der Waals surface area contributed by atoms with E-state index < -0.39 is 0 Å². The van der Waals surface area contributed by atoms with Gasteiger partial charge in [0.2, 0.25) is 0 Å². The molecule has 0 unspecified atom stereocenters. The van der Waals surface area contributed by atoms with Gasteiger partial charge in [-0.05, 0) is 49.9 Å². The molecule has 1 aliphatic heterocycles. The highest BCUT2D eigenvalue weighted by Crippen LogP contribution is 2.19. The minimum atomic E-state index is -0.154. The summed E-state index contributed by atoms with van der Waals surface area (Å²) in [6.07, 6.45) is 2.21. The van der Waals surface area contributed by atoms with Crippen molar-refractivity contribution < 1.29 is 14.3 Å². The summed E-state index contributed by atoms with van der Waals surface area (Å²) in [4.78, 5) is 16.5. The average Bonchev–Trinajstić information content (AvgIpc) is 3.25. The van der Waals surface area contributed by atoms with Crippen molar-refractivity contribution >= 4 is 17.2 Å². The highest BCUT2D eigenvalue weighted by atomic mass is 32.1. The lowest BCUT2D eigenvalue weighted by Crippen LogP contribution is -2.31. The number of carbonyl (C=O) groups is 1. The van der Waals surface area contributed by atoms with Crippen molar-refractivity contribution in [3.05, 3.63) is 45.4 Å². The van der Waals surface area contributed by atoms with E-state index in [9.17, 15) is 4.79 Å². The number of aryl methyl sites for hydroxylation is 2. The molecule has 0 saturated carbocycles. The maximum atomic E-state index is 12.1. The first-order valence-electron chi connectivity index (χ1n) is 8.16. The number of aromatic nitrogens is 1. The second kappa shape index (κ2) is 7.77. The van der Waals surface area contributed by atoms with E-state index in [1.165, 1.54) is 22.5 Å². The van der Waals surface area contributed by atoms with Crippen molar-refractivity contribution in [2.24, 2.45) is 0 Å². The highest BCUT2D eigenvalue weighted by molar-refractivity contribution is 7.09. The van der Waals surface area contributed by atoms with Gasteiger partial charge in [-0.3, -0.25) is 4.79 Å². The standard InChI is InChI=1S/C18H22N2O3S/c1-12-5-6-14(8-13(12)2)23-10-17-20-16(11-24-17)18(21)19-9-15-4-3-7-22-15/h5-6,8,11,15H,3-4,7,9-10H2,1-2H3,(H,19,21)/t15-/m0/s1. The molecule has 24 heavy (non-hydrogen) atoms. The quantitative estimate of drug-likeness (QED) is 0.872. The summed E-state index contributed by atoms with van der Waals surface area (Å²) < 4.78 is 11.3. The summed E-state index contributed by atoms with van der Waals surface area (Å²) in [7, 11) is 0. The van der Waals surface area contributed by atoms with Gasteiger partial charge >= 0.3 is 0 Å². The van der Waals surface area contributed by atoms with Gasteiger partial charge < -0.3 is 14.8 Å². The first kappa shape index (κ1) is 16.9. The van der Waals surface area contributed by atoms with E-state index in [1.807, 2.05) is 18.2 Å². The maximum absolute atomic E-state index is 12.1. The van der Waals surface area contributed by atoms with Crippen LogP contribution in [-0.2, 0) is 11.3 Å². The normalized spacial score (nSPS) is 17.0. The molecule has 1 saturated heterocycles. The van der Waals surface area contributed by atoms with Crippen LogP contribution >= 0.6 is 11.3 Å². The lowest BCUT2D eigenvalue weighted by molar-refractivity contribution is 0.0854. The lowest BCUT2D eigenvalue weighted by atomic mass is 10.1. The van der Waals surface area contributed by atoms with Crippen LogP contribution in [0.15, 0.2) is 23.6 Å². The van der Waals surface area contributed by atoms with E-state index in [0.717, 1.165) is 30.2 Å². The molecule has 5 nitrogen and oxygen atoms in total. The fourth-order valence-corrected chi connectivity index (χ4v) is 3.22. The molecule has 1 fully saturated rings. The van der Waals surface area contributed by atoms with Crippen LogP contribution in [0.3, 0.4) is 0 Å². The predicted octanol–water partition coefficient (Wildman–Crippen LogP) is 3.25. The molecule has 3 rings (SSSR count). The van der Waals surface area contributed by atoms with Gasteiger partial charge in [0.15, 0.2) is 0 Å². The number of nitrogens with one attached hydrogen (secondary N) is 1. The molecule has 2 heterocycles. The molecule has 1 aromatic heterocycles. The molecule has 0 bridgehead atoms. The molecule has 0 radical (unpaired) electrons. The van der Waals surface area contributed by atoms with Crippen LogP contribution in [0.1, 0.15) is 39.5 Å². The van der Waals surface area contributed by atoms with Crippen LogP contribution < -0.4 is 10.1 Å². The van der Waals surface area contributed by atoms with Crippen molar-refractivity contribution in [2.75, 3.05) is 13.2 Å². The number of rotatable bonds is 6. The second-order valence-electron chi connectivity index (χ2n) is 6.01. The van der Waals surface area contributed by atoms with Crippen LogP contribution in [0.4, 0.5) is 0 Å². The Labute approximate surface area is 146 Å². The predicted molar refractivity (Wildman–Crippen MR) is 93.7 cm³/mol. The maximum Gasteiger partial charge on any atom is 0.270 e. The Balaban J connectivity index is 1.50. The molecule has 1 amide bonds. The summed E-state index contributed by atoms with van der Waals surface area (Å²) >= 11 is 1.43. The Hall–Kier alpha value is -1.92. The van der Waals surface area contributed by atoms with Gasteiger partial charge in [-0.25, -0.2) is 4.98 Å². The number of hydrogen-bond acceptors (Lipinski definition) is 5. The van der Waals surface area contributed by atoms with E-state index in [4.69, 9.17) is 9.47 Å². The zero-order chi connectivity index (χ0) is 16.9. The Morgan fingerprint density at radius 3 is 3.04 bits per heavy atom. The monoisotopic (exact) mass is 346 g/mol. The number of hydrogen-bond donors (Lipinski definition) is 1. The highest BCUT2D eigenvalue weighted by Gasteiger charge is 2.18. The molecule has 1 atom stereocenters. The van der Waals surface area contributed by atoms with E-state index in [1.54, 1.807) is 5.38 Å². The SMILES string of the molecule is Cc1ccc(OCc2nc(C(=O)NC[C@@H]3CCCO3)cs2)cc1C. The van der Waals surface area contributed by atoms with Crippen molar-refractivity contribution in [1.82, 2.24) is 10.3 Å². The van der Waals surface area contributed by atoms with Crippen LogP contribution in [0, 0.1) is 13.8 Å². The average molecular weight is 346 g/mol. The largest absolute Gasteiger partial charge is 0.486 e. The lowest BCUT2D eigenvalue weighted by Gasteiger charge is -2.09. The Bertz CT molecular complexity index is 708. The van der Waals surface area contributed by atoms with Gasteiger partial charge in [-0.15, -0.1) is 11.3 Å². The van der Waals surface area contributed by atoms with Crippen LogP contribution in [-0.4, -0.2) is 30.1 Å². The summed E-state index contributed by atoms with van der Waals surface area (Å²) in [5.41, 5.74) is 2.87. The molecular formula is C18H22N2O3S. The number of ether oxygens (including phenoxy) is 2. The van der Waals surface area contributed by atoms with E-state index in [-0.39, 0.29) is 12.0 Å². The zero-order valence-electron chi connectivity index (χ0n) is 14.0. The smallest absolute Gasteiger partial charge is 0.270 e. The van der Waals surface area contributed by atoms with Gasteiger partial charge in [0, 0.05) is 18.5 Å². The van der Waals surface area contributed by atoms with Crippen molar-refractivity contribution in [3.63, 3.8) is 0 Å². The van der Waals surface area contributed by atoms with Crippen molar-refractivity contribution in [1.29, 1.82) is 0 Å². The van der Waals surface area contributed by atoms with Crippen molar-refractivity contribution in [3.8, 4) is 5.75 Å². The van der Waals surface area contributed by atoms with Crippen LogP contribution in [0.2, 0.25) is 0 Å². The van der Waals surface area contributed by atoms with E-state index in [2.05, 4.69) is 24.1 Å². The third-order valence-corrected chi connectivity index (χ3v) is 4.96. The number of thiazole rings is 1. The molecule has 1 aliphatic rings. The third kappa shape index (κ3) is 4.33. The van der Waals surface area contributed by atoms with E-state index in [0.29, 0.717) is 18.8 Å². The van der Waals surface area contributed by atoms with Gasteiger partial charge in [-0.2, -0.15) is 0 Å². The summed E-state index contributed by atoms with van der Waals surface area (Å²) in [6.45, 7) is 5.83. The Morgan fingerprint density at radius 2 is 2.29 bits per heavy atom. The fourth-order valence-electron chi connectivity index (χ4n) is 2.53. The molecule has 1 N–H and O–H groups in total. The minimum absolute atomic E-state index is 0.139. The second-order valence-corrected chi connectivity index (χ2v) is 6.95. The first-order valence-corrected chi connectivity index (χ1v) is 9.04. The minimum Gasteiger partial charge on any atom is -0.486 e. The third-order valence-electron chi connectivity index (χ3n) is 4.14. The van der Waals surface area contributed by atoms with Crippen molar-refractivity contribution in [2.45, 2.75) is 39.4 Å². The molecular weight excluding hydrogens is 324 g/mol. The fraction of sp³-hybridized carbons (Fsp3) is 0.444. The number of carbonyl (C=O) groups excluding carboxylic acids is 1. The van der Waals surface area contributed by atoms with Gasteiger partial charge in [-0.1, -0.05) is 6.07 Å². The molecule has 0 spiro atoms. The summed E-state index contributed by atoms with van der Waals surface area (Å²) in [5, 5.41) is 5.44. The number of nitrogens with zero attached hydrogens (tertiary/aromatic N) is 1. The molecule has 0 aliphatic carbocycles. The molecule has 6 heteroatoms. The van der Waals surface area contributed by atoms with Crippen LogP contribution in [0.5, 0.6) is 5.75 Å². The summed E-state index contributed by atoms with van der Waals surface area (Å²) in [5.74, 6) is 0.664. The van der Waals surface area contributed by atoms with Gasteiger partial charge in [0.1, 0.15) is 23.1 Å². The number of benzene rings is 1. The van der Waals surface area contributed by atoms with Crippen LogP contribution in [0.25, 0.3) is 0 Å². The van der Waals surface area contributed by atoms with Gasteiger partial charge in [0.25, 0.3) is 5.91 Å². The zero-order valence-corrected chi connectivity index (χ0v) is 14.8. The Kier molecular flexibility index (Phi) is 5.48. The Morgan fingerprint density at radius 1 is 1.42 bits per heavy atom. The molecule has 2 aromatic rings.